The lowest BCUT2D eigenvalue weighted by atomic mass is 10.3. The molecule has 0 radical (unpaired) electrons. The summed E-state index contributed by atoms with van der Waals surface area (Å²) >= 11 is 5.85. The second-order valence-corrected chi connectivity index (χ2v) is 9.53. The van der Waals surface area contributed by atoms with Crippen molar-refractivity contribution in [3.8, 4) is 5.75 Å². The molecule has 3 rings (SSSR count). The summed E-state index contributed by atoms with van der Waals surface area (Å²) in [6, 6.07) is 9.30. The summed E-state index contributed by atoms with van der Waals surface area (Å²) < 4.78 is 55.8. The second-order valence-electron chi connectivity index (χ2n) is 5.78. The van der Waals surface area contributed by atoms with Crippen LogP contribution in [0.25, 0.3) is 0 Å². The number of aryl methyl sites for hydroxylation is 1. The molecule has 0 unspecified atom stereocenters. The van der Waals surface area contributed by atoms with E-state index in [4.69, 9.17) is 11.6 Å². The van der Waals surface area contributed by atoms with Crippen molar-refractivity contribution in [1.82, 2.24) is 9.55 Å². The summed E-state index contributed by atoms with van der Waals surface area (Å²) in [5.74, 6) is -0.443. The SMILES string of the molecule is Cn1cnc(S(=O)(=O)Nc2cc(S(=O)(=O)Nc3cccc(Cl)c3)ccc2O)c1. The largest absolute Gasteiger partial charge is 0.506 e. The number of aromatic nitrogens is 2. The maximum atomic E-state index is 12.6. The first-order chi connectivity index (χ1) is 13.1. The average molecular weight is 443 g/mol. The maximum Gasteiger partial charge on any atom is 0.281 e. The van der Waals surface area contributed by atoms with E-state index in [0.717, 1.165) is 18.2 Å². The highest BCUT2D eigenvalue weighted by Gasteiger charge is 2.22. The highest BCUT2D eigenvalue weighted by molar-refractivity contribution is 7.93. The van der Waals surface area contributed by atoms with Crippen LogP contribution in [0.1, 0.15) is 0 Å². The van der Waals surface area contributed by atoms with Crippen LogP contribution in [0.5, 0.6) is 5.75 Å². The normalized spacial score (nSPS) is 11.9. The molecular formula is C16H15ClN4O5S2. The fraction of sp³-hybridized carbons (Fsp3) is 0.0625. The zero-order chi connectivity index (χ0) is 20.5. The molecule has 1 aromatic heterocycles. The molecule has 148 valence electrons. The van der Waals surface area contributed by atoms with Crippen LogP contribution in [0.15, 0.2) is 64.9 Å². The Hall–Kier alpha value is -2.76. The minimum Gasteiger partial charge on any atom is -0.506 e. The number of halogens is 1. The first-order valence-corrected chi connectivity index (χ1v) is 11.0. The quantitative estimate of drug-likeness (QED) is 0.502. The van der Waals surface area contributed by atoms with Crippen molar-refractivity contribution in [3.63, 3.8) is 0 Å². The van der Waals surface area contributed by atoms with Crippen molar-refractivity contribution in [3.05, 3.63) is 60.0 Å². The maximum absolute atomic E-state index is 12.6. The lowest BCUT2D eigenvalue weighted by Gasteiger charge is -2.12. The van der Waals surface area contributed by atoms with Crippen molar-refractivity contribution in [1.29, 1.82) is 0 Å². The van der Waals surface area contributed by atoms with Gasteiger partial charge < -0.3 is 9.67 Å². The van der Waals surface area contributed by atoms with Gasteiger partial charge in [-0.25, -0.2) is 13.4 Å². The van der Waals surface area contributed by atoms with E-state index in [1.54, 1.807) is 19.2 Å². The van der Waals surface area contributed by atoms with E-state index in [0.29, 0.717) is 5.02 Å². The highest BCUT2D eigenvalue weighted by Crippen LogP contribution is 2.29. The van der Waals surface area contributed by atoms with E-state index < -0.39 is 25.8 Å². The number of benzene rings is 2. The Kier molecular flexibility index (Phi) is 5.24. The molecule has 12 heteroatoms. The van der Waals surface area contributed by atoms with Gasteiger partial charge in [0.25, 0.3) is 20.0 Å². The van der Waals surface area contributed by atoms with E-state index in [2.05, 4.69) is 14.4 Å². The summed E-state index contributed by atoms with van der Waals surface area (Å²) in [6.45, 7) is 0. The zero-order valence-corrected chi connectivity index (χ0v) is 16.8. The standard InChI is InChI=1S/C16H15ClN4O5S2/c1-21-9-16(18-10-21)28(25,26)20-14-8-13(5-6-15(14)22)27(23,24)19-12-4-2-3-11(17)7-12/h2-10,19-20,22H,1H3. The molecule has 0 aliphatic rings. The number of nitrogens with one attached hydrogen (secondary N) is 2. The summed E-state index contributed by atoms with van der Waals surface area (Å²) in [5.41, 5.74) is -0.0733. The first-order valence-electron chi connectivity index (χ1n) is 7.69. The van der Waals surface area contributed by atoms with Crippen LogP contribution >= 0.6 is 11.6 Å². The number of hydrogen-bond acceptors (Lipinski definition) is 6. The van der Waals surface area contributed by atoms with E-state index in [-0.39, 0.29) is 21.3 Å². The number of phenolic OH excluding ortho intramolecular Hbond substituents is 1. The molecule has 0 bridgehead atoms. The van der Waals surface area contributed by atoms with Gasteiger partial charge in [-0.1, -0.05) is 17.7 Å². The number of phenols is 1. The van der Waals surface area contributed by atoms with Crippen LogP contribution in [0.2, 0.25) is 5.02 Å². The molecule has 9 nitrogen and oxygen atoms in total. The van der Waals surface area contributed by atoms with Crippen LogP contribution < -0.4 is 9.44 Å². The molecule has 0 aliphatic carbocycles. The summed E-state index contributed by atoms with van der Waals surface area (Å²) in [6.07, 6.45) is 2.56. The van der Waals surface area contributed by atoms with Crippen LogP contribution in [0, 0.1) is 0 Å². The molecule has 0 amide bonds. The number of sulfonamides is 2. The van der Waals surface area contributed by atoms with Gasteiger partial charge in [-0.15, -0.1) is 0 Å². The second kappa shape index (κ2) is 7.34. The zero-order valence-electron chi connectivity index (χ0n) is 14.4. The van der Waals surface area contributed by atoms with Crippen molar-refractivity contribution >= 4 is 43.0 Å². The Morgan fingerprint density at radius 1 is 1.04 bits per heavy atom. The number of aromatic hydroxyl groups is 1. The van der Waals surface area contributed by atoms with E-state index in [1.807, 2.05) is 0 Å². The summed E-state index contributed by atoms with van der Waals surface area (Å²) in [7, 11) is -6.58. The van der Waals surface area contributed by atoms with Gasteiger partial charge in [0.1, 0.15) is 5.75 Å². The number of anilines is 2. The van der Waals surface area contributed by atoms with Crippen LogP contribution in [0.3, 0.4) is 0 Å². The van der Waals surface area contributed by atoms with Gasteiger partial charge in [-0.05, 0) is 36.4 Å². The highest BCUT2D eigenvalue weighted by atomic mass is 35.5. The van der Waals surface area contributed by atoms with Gasteiger partial charge in [-0.3, -0.25) is 9.44 Å². The van der Waals surface area contributed by atoms with E-state index in [9.17, 15) is 21.9 Å². The number of imidazole rings is 1. The van der Waals surface area contributed by atoms with E-state index >= 15 is 0 Å². The molecule has 3 N–H and O–H groups in total. The Bertz CT molecular complexity index is 1240. The third-order valence-corrected chi connectivity index (χ3v) is 6.42. The van der Waals surface area contributed by atoms with Crippen LogP contribution in [-0.2, 0) is 27.1 Å². The number of rotatable bonds is 6. The third kappa shape index (κ3) is 4.38. The van der Waals surface area contributed by atoms with Crippen LogP contribution in [-0.4, -0.2) is 31.5 Å². The summed E-state index contributed by atoms with van der Waals surface area (Å²) in [4.78, 5) is 3.48. The molecule has 28 heavy (non-hydrogen) atoms. The molecule has 2 aromatic carbocycles. The topological polar surface area (TPSA) is 130 Å². The smallest absolute Gasteiger partial charge is 0.281 e. The predicted molar refractivity (Wildman–Crippen MR) is 104 cm³/mol. The Morgan fingerprint density at radius 3 is 2.43 bits per heavy atom. The molecule has 1 heterocycles. The van der Waals surface area contributed by atoms with Gasteiger partial charge in [0, 0.05) is 18.3 Å². The number of hydrogen-bond donors (Lipinski definition) is 3. The van der Waals surface area contributed by atoms with Gasteiger partial charge >= 0.3 is 0 Å². The fourth-order valence-corrected chi connectivity index (χ4v) is 4.57. The van der Waals surface area contributed by atoms with Crippen LogP contribution in [0.4, 0.5) is 11.4 Å². The third-order valence-electron chi connectivity index (χ3n) is 3.56. The molecule has 3 aromatic rings. The fourth-order valence-electron chi connectivity index (χ4n) is 2.25. The van der Waals surface area contributed by atoms with Crippen molar-refractivity contribution in [2.75, 3.05) is 9.44 Å². The average Bonchev–Trinajstić information content (AvgIpc) is 3.03. The number of nitrogens with zero attached hydrogens (tertiary/aromatic N) is 2. The molecule has 0 aliphatic heterocycles. The van der Waals surface area contributed by atoms with Crippen molar-refractivity contribution < 1.29 is 21.9 Å². The van der Waals surface area contributed by atoms with E-state index in [1.165, 1.54) is 29.2 Å². The van der Waals surface area contributed by atoms with Gasteiger partial charge in [0.2, 0.25) is 0 Å². The lowest BCUT2D eigenvalue weighted by molar-refractivity contribution is 0.477. The van der Waals surface area contributed by atoms with Crippen molar-refractivity contribution in [2.45, 2.75) is 9.92 Å². The molecule has 0 spiro atoms. The van der Waals surface area contributed by atoms with Gasteiger partial charge in [0.05, 0.1) is 22.6 Å². The first kappa shape index (κ1) is 20.0. The minimum absolute atomic E-state index is 0.233. The molecule has 0 fully saturated rings. The molecular weight excluding hydrogens is 428 g/mol. The Morgan fingerprint density at radius 2 is 1.79 bits per heavy atom. The minimum atomic E-state index is -4.12. The molecule has 0 saturated carbocycles. The molecule has 0 atom stereocenters. The molecule has 0 saturated heterocycles. The monoisotopic (exact) mass is 442 g/mol. The summed E-state index contributed by atoms with van der Waals surface area (Å²) in [5, 5.41) is 10.0. The van der Waals surface area contributed by atoms with Gasteiger partial charge in [0.15, 0.2) is 5.03 Å². The van der Waals surface area contributed by atoms with Gasteiger partial charge in [-0.2, -0.15) is 8.42 Å². The Labute approximate surface area is 166 Å². The lowest BCUT2D eigenvalue weighted by Crippen LogP contribution is -2.16. The predicted octanol–water partition coefficient (Wildman–Crippen LogP) is 2.38. The Balaban J connectivity index is 1.92. The van der Waals surface area contributed by atoms with Crippen molar-refractivity contribution in [2.24, 2.45) is 7.05 Å².